The number of aromatic nitrogens is 2. The van der Waals surface area contributed by atoms with Gasteiger partial charge in [-0.1, -0.05) is 43.6 Å². The summed E-state index contributed by atoms with van der Waals surface area (Å²) in [5.41, 5.74) is 4.25. The molecule has 0 bridgehead atoms. The summed E-state index contributed by atoms with van der Waals surface area (Å²) < 4.78 is 1.82. The summed E-state index contributed by atoms with van der Waals surface area (Å²) in [5, 5.41) is 14.1. The maximum absolute atomic E-state index is 13.4. The first-order chi connectivity index (χ1) is 15.5. The van der Waals surface area contributed by atoms with E-state index in [1.807, 2.05) is 58.1 Å². The molecule has 7 heteroatoms. The van der Waals surface area contributed by atoms with E-state index in [1.165, 1.54) is 5.56 Å². The molecule has 3 aromatic rings. The van der Waals surface area contributed by atoms with Crippen LogP contribution in [0.3, 0.4) is 0 Å². The van der Waals surface area contributed by atoms with E-state index in [9.17, 15) is 4.79 Å². The molecule has 0 atom stereocenters. The Labute approximate surface area is 193 Å². The van der Waals surface area contributed by atoms with Gasteiger partial charge in [-0.25, -0.2) is 4.68 Å². The summed E-state index contributed by atoms with van der Waals surface area (Å²) >= 11 is 6.17. The fourth-order valence-corrected chi connectivity index (χ4v) is 4.30. The van der Waals surface area contributed by atoms with E-state index < -0.39 is 0 Å². The lowest BCUT2D eigenvalue weighted by molar-refractivity contribution is 0.0627. The second-order valence-corrected chi connectivity index (χ2v) is 8.80. The highest BCUT2D eigenvalue weighted by molar-refractivity contribution is 6.30. The van der Waals surface area contributed by atoms with Gasteiger partial charge in [0.15, 0.2) is 0 Å². The molecule has 2 heterocycles. The van der Waals surface area contributed by atoms with E-state index in [0.717, 1.165) is 31.0 Å². The number of piperazine rings is 1. The second kappa shape index (κ2) is 9.56. The molecule has 1 fully saturated rings. The van der Waals surface area contributed by atoms with Gasteiger partial charge in [-0.3, -0.25) is 9.69 Å². The molecule has 4 rings (SSSR count). The predicted molar refractivity (Wildman–Crippen MR) is 125 cm³/mol. The lowest BCUT2D eigenvalue weighted by Gasteiger charge is -2.35. The Morgan fingerprint density at radius 3 is 2.47 bits per heavy atom. The average Bonchev–Trinajstić information content (AvgIpc) is 3.25. The molecule has 2 aromatic carbocycles. The molecule has 0 N–H and O–H groups in total. The van der Waals surface area contributed by atoms with Crippen LogP contribution in [0, 0.1) is 11.3 Å². The van der Waals surface area contributed by atoms with Gasteiger partial charge in [0.2, 0.25) is 0 Å². The molecule has 32 heavy (non-hydrogen) atoms. The van der Waals surface area contributed by atoms with Crippen molar-refractivity contribution in [2.75, 3.05) is 26.2 Å². The van der Waals surface area contributed by atoms with Crippen LogP contribution in [0.5, 0.6) is 0 Å². The van der Waals surface area contributed by atoms with E-state index in [-0.39, 0.29) is 11.8 Å². The van der Waals surface area contributed by atoms with Crippen molar-refractivity contribution in [2.45, 2.75) is 26.3 Å². The van der Waals surface area contributed by atoms with Crippen LogP contribution in [-0.4, -0.2) is 51.7 Å². The van der Waals surface area contributed by atoms with E-state index >= 15 is 0 Å². The lowest BCUT2D eigenvalue weighted by Crippen LogP contribution is -2.48. The molecule has 6 nitrogen and oxygen atoms in total. The third-order valence-electron chi connectivity index (χ3n) is 5.79. The van der Waals surface area contributed by atoms with Gasteiger partial charge in [-0.05, 0) is 41.8 Å². The lowest BCUT2D eigenvalue weighted by atomic mass is 10.0. The van der Waals surface area contributed by atoms with Gasteiger partial charge in [0.25, 0.3) is 5.91 Å². The number of benzene rings is 2. The largest absolute Gasteiger partial charge is 0.336 e. The number of carbonyl (C=O) groups excluding carboxylic acids is 1. The molecule has 164 valence electrons. The Hall–Kier alpha value is -3.14. The normalized spacial score (nSPS) is 14.5. The minimum Gasteiger partial charge on any atom is -0.336 e. The van der Waals surface area contributed by atoms with Crippen LogP contribution >= 0.6 is 11.6 Å². The van der Waals surface area contributed by atoms with Crippen molar-refractivity contribution in [1.82, 2.24) is 19.6 Å². The molecule has 0 spiro atoms. The summed E-state index contributed by atoms with van der Waals surface area (Å²) in [4.78, 5) is 17.6. The summed E-state index contributed by atoms with van der Waals surface area (Å²) in [7, 11) is 0. The average molecular weight is 448 g/mol. The van der Waals surface area contributed by atoms with E-state index in [0.29, 0.717) is 29.2 Å². The molecular formula is C25H26ClN5O. The van der Waals surface area contributed by atoms with Crippen LogP contribution in [0.15, 0.2) is 54.7 Å². The maximum atomic E-state index is 13.4. The topological polar surface area (TPSA) is 65.2 Å². The number of nitriles is 1. The summed E-state index contributed by atoms with van der Waals surface area (Å²) in [6, 6.07) is 17.3. The van der Waals surface area contributed by atoms with Crippen LogP contribution in [0.25, 0.3) is 5.69 Å². The molecule has 1 aromatic heterocycles. The maximum Gasteiger partial charge on any atom is 0.257 e. The molecule has 0 radical (unpaired) electrons. The molecule has 1 amide bonds. The van der Waals surface area contributed by atoms with Crippen LogP contribution in [0.1, 0.15) is 46.9 Å². The Morgan fingerprint density at radius 2 is 1.84 bits per heavy atom. The highest BCUT2D eigenvalue weighted by Crippen LogP contribution is 2.26. The summed E-state index contributed by atoms with van der Waals surface area (Å²) in [5.74, 6) is 0.160. The standard InChI is InChI=1S/C25H26ClN5O/c1-18(2)24-23(16-28-31(24)22-5-3-4-21(26)14-22)25(32)30-12-10-29(11-13-30)17-20-8-6-19(15-27)7-9-20/h3-9,14,16,18H,10-13,17H2,1-2H3. The van der Waals surface area contributed by atoms with Crippen molar-refractivity contribution in [3.63, 3.8) is 0 Å². The number of rotatable bonds is 5. The number of hydrogen-bond donors (Lipinski definition) is 0. The van der Waals surface area contributed by atoms with Gasteiger partial charge in [0, 0.05) is 37.7 Å². The minimum absolute atomic E-state index is 0.0278. The van der Waals surface area contributed by atoms with E-state index in [4.69, 9.17) is 16.9 Å². The van der Waals surface area contributed by atoms with Crippen molar-refractivity contribution in [1.29, 1.82) is 5.26 Å². The highest BCUT2D eigenvalue weighted by Gasteiger charge is 2.27. The zero-order chi connectivity index (χ0) is 22.7. The Balaban J connectivity index is 1.45. The molecular weight excluding hydrogens is 422 g/mol. The molecule has 1 aliphatic rings. The monoisotopic (exact) mass is 447 g/mol. The number of halogens is 1. The van der Waals surface area contributed by atoms with Crippen molar-refractivity contribution in [3.8, 4) is 11.8 Å². The molecule has 1 saturated heterocycles. The van der Waals surface area contributed by atoms with Gasteiger partial charge in [-0.15, -0.1) is 0 Å². The quantitative estimate of drug-likeness (QED) is 0.578. The molecule has 0 aliphatic carbocycles. The van der Waals surface area contributed by atoms with Gasteiger partial charge in [0.1, 0.15) is 0 Å². The second-order valence-electron chi connectivity index (χ2n) is 8.37. The number of amides is 1. The third kappa shape index (κ3) is 4.69. The van der Waals surface area contributed by atoms with Crippen molar-refractivity contribution in [3.05, 3.63) is 82.1 Å². The van der Waals surface area contributed by atoms with Gasteiger partial charge in [0.05, 0.1) is 34.8 Å². The third-order valence-corrected chi connectivity index (χ3v) is 6.02. The molecule has 0 unspecified atom stereocenters. The van der Waals surface area contributed by atoms with Crippen molar-refractivity contribution < 1.29 is 4.79 Å². The molecule has 1 aliphatic heterocycles. The SMILES string of the molecule is CC(C)c1c(C(=O)N2CCN(Cc3ccc(C#N)cc3)CC2)cnn1-c1cccc(Cl)c1. The fraction of sp³-hybridized carbons (Fsp3) is 0.320. The van der Waals surface area contributed by atoms with Gasteiger partial charge < -0.3 is 4.90 Å². The zero-order valence-corrected chi connectivity index (χ0v) is 19.1. The summed E-state index contributed by atoms with van der Waals surface area (Å²) in [6.45, 7) is 7.94. The first kappa shape index (κ1) is 22.1. The fourth-order valence-electron chi connectivity index (χ4n) is 4.11. The minimum atomic E-state index is 0.0278. The first-order valence-electron chi connectivity index (χ1n) is 10.8. The van der Waals surface area contributed by atoms with E-state index in [2.05, 4.69) is 29.9 Å². The van der Waals surface area contributed by atoms with Crippen molar-refractivity contribution in [2.24, 2.45) is 0 Å². The smallest absolute Gasteiger partial charge is 0.257 e. The van der Waals surface area contributed by atoms with Crippen LogP contribution in [0.2, 0.25) is 5.02 Å². The molecule has 0 saturated carbocycles. The number of hydrogen-bond acceptors (Lipinski definition) is 4. The van der Waals surface area contributed by atoms with Crippen LogP contribution < -0.4 is 0 Å². The van der Waals surface area contributed by atoms with Crippen molar-refractivity contribution >= 4 is 17.5 Å². The highest BCUT2D eigenvalue weighted by atomic mass is 35.5. The Kier molecular flexibility index (Phi) is 6.59. The predicted octanol–water partition coefficient (Wildman–Crippen LogP) is 4.48. The van der Waals surface area contributed by atoms with Gasteiger partial charge in [-0.2, -0.15) is 10.4 Å². The number of carbonyl (C=O) groups is 1. The van der Waals surface area contributed by atoms with Gasteiger partial charge >= 0.3 is 0 Å². The Morgan fingerprint density at radius 1 is 1.12 bits per heavy atom. The van der Waals surface area contributed by atoms with Crippen LogP contribution in [-0.2, 0) is 6.54 Å². The zero-order valence-electron chi connectivity index (χ0n) is 18.3. The first-order valence-corrected chi connectivity index (χ1v) is 11.2. The number of nitrogens with zero attached hydrogens (tertiary/aromatic N) is 5. The summed E-state index contributed by atoms with van der Waals surface area (Å²) in [6.07, 6.45) is 1.68. The van der Waals surface area contributed by atoms with Crippen LogP contribution in [0.4, 0.5) is 0 Å². The van der Waals surface area contributed by atoms with E-state index in [1.54, 1.807) is 6.20 Å². The Bertz CT molecular complexity index is 1140.